The van der Waals surface area contributed by atoms with E-state index in [9.17, 15) is 4.79 Å². The third kappa shape index (κ3) is 4.06. The van der Waals surface area contributed by atoms with Gasteiger partial charge in [0.15, 0.2) is 5.13 Å². The second kappa shape index (κ2) is 8.16. The predicted octanol–water partition coefficient (Wildman–Crippen LogP) is 4.86. The van der Waals surface area contributed by atoms with Crippen LogP contribution in [0.1, 0.15) is 22.3 Å². The second-order valence-electron chi connectivity index (χ2n) is 6.51. The van der Waals surface area contributed by atoms with Crippen molar-refractivity contribution < 1.29 is 4.79 Å². The third-order valence-electron chi connectivity index (χ3n) is 4.18. The minimum absolute atomic E-state index is 0.105. The summed E-state index contributed by atoms with van der Waals surface area (Å²) in [6.07, 6.45) is 0.859. The fourth-order valence-electron chi connectivity index (χ4n) is 2.80. The number of amides is 1. The zero-order valence-corrected chi connectivity index (χ0v) is 16.8. The fraction of sp³-hybridized carbons (Fsp3) is 0.300. The van der Waals surface area contributed by atoms with Gasteiger partial charge in [0.2, 0.25) is 0 Å². The maximum absolute atomic E-state index is 13.2. The van der Waals surface area contributed by atoms with E-state index in [4.69, 9.17) is 16.6 Å². The van der Waals surface area contributed by atoms with Gasteiger partial charge < -0.3 is 4.90 Å². The van der Waals surface area contributed by atoms with Gasteiger partial charge in [-0.25, -0.2) is 4.98 Å². The van der Waals surface area contributed by atoms with Crippen LogP contribution in [0, 0.1) is 6.92 Å². The molecular formula is C20H22ClN3OS. The van der Waals surface area contributed by atoms with Crippen LogP contribution in [0.5, 0.6) is 0 Å². The third-order valence-corrected chi connectivity index (χ3v) is 5.55. The highest BCUT2D eigenvalue weighted by Gasteiger charge is 2.23. The Kier molecular flexibility index (Phi) is 5.91. The molecule has 3 rings (SSSR count). The number of carbonyl (C=O) groups is 1. The van der Waals surface area contributed by atoms with Crippen molar-refractivity contribution in [3.8, 4) is 0 Å². The van der Waals surface area contributed by atoms with E-state index in [0.29, 0.717) is 17.1 Å². The number of benzene rings is 2. The number of aryl methyl sites for hydroxylation is 1. The van der Waals surface area contributed by atoms with Crippen LogP contribution in [0.3, 0.4) is 0 Å². The number of para-hydroxylation sites is 1. The van der Waals surface area contributed by atoms with Crippen LogP contribution >= 0.6 is 22.9 Å². The first kappa shape index (κ1) is 18.8. The summed E-state index contributed by atoms with van der Waals surface area (Å²) >= 11 is 7.81. The van der Waals surface area contributed by atoms with Crippen LogP contribution in [-0.4, -0.2) is 43.0 Å². The van der Waals surface area contributed by atoms with Gasteiger partial charge in [0, 0.05) is 6.54 Å². The fourth-order valence-corrected chi connectivity index (χ4v) is 4.08. The van der Waals surface area contributed by atoms with Crippen LogP contribution in [0.25, 0.3) is 10.2 Å². The average molecular weight is 388 g/mol. The van der Waals surface area contributed by atoms with Crippen molar-refractivity contribution >= 4 is 44.2 Å². The predicted molar refractivity (Wildman–Crippen MR) is 111 cm³/mol. The molecule has 0 saturated heterocycles. The van der Waals surface area contributed by atoms with Crippen molar-refractivity contribution in [2.45, 2.75) is 13.3 Å². The number of anilines is 1. The van der Waals surface area contributed by atoms with Crippen molar-refractivity contribution in [1.29, 1.82) is 0 Å². The number of carbonyl (C=O) groups excluding carboxylic acids is 1. The lowest BCUT2D eigenvalue weighted by Gasteiger charge is -2.21. The number of hydrogen-bond donors (Lipinski definition) is 0. The molecule has 0 N–H and O–H groups in total. The number of aromatic nitrogens is 1. The SMILES string of the molecule is Cc1cccc2sc(N(CCCN(C)C)C(=O)c3ccccc3Cl)nc12. The maximum Gasteiger partial charge on any atom is 0.261 e. The zero-order chi connectivity index (χ0) is 18.7. The first-order valence-electron chi connectivity index (χ1n) is 8.54. The van der Waals surface area contributed by atoms with Crippen molar-refractivity contribution in [1.82, 2.24) is 9.88 Å². The highest BCUT2D eigenvalue weighted by Crippen LogP contribution is 2.32. The Bertz CT molecular complexity index is 922. The Hall–Kier alpha value is -1.95. The van der Waals surface area contributed by atoms with E-state index >= 15 is 0 Å². The van der Waals surface area contributed by atoms with Gasteiger partial charge in [0.1, 0.15) is 0 Å². The minimum atomic E-state index is -0.105. The average Bonchev–Trinajstić information content (AvgIpc) is 3.03. The highest BCUT2D eigenvalue weighted by atomic mass is 35.5. The van der Waals surface area contributed by atoms with Crippen LogP contribution < -0.4 is 4.90 Å². The summed E-state index contributed by atoms with van der Waals surface area (Å²) in [4.78, 5) is 21.8. The standard InChI is InChI=1S/C20H22ClN3OS/c1-14-8-6-11-17-18(14)22-20(26-17)24(13-7-12-23(2)3)19(25)15-9-4-5-10-16(15)21/h4-6,8-11H,7,12-13H2,1-3H3. The Morgan fingerprint density at radius 2 is 1.88 bits per heavy atom. The van der Waals surface area contributed by atoms with E-state index in [1.165, 1.54) is 0 Å². The quantitative estimate of drug-likeness (QED) is 0.606. The van der Waals surface area contributed by atoms with Gasteiger partial charge in [-0.1, -0.05) is 47.2 Å². The van der Waals surface area contributed by atoms with Gasteiger partial charge in [-0.05, 0) is 57.7 Å². The summed E-state index contributed by atoms with van der Waals surface area (Å²) in [7, 11) is 4.06. The van der Waals surface area contributed by atoms with Gasteiger partial charge in [-0.2, -0.15) is 0 Å². The number of thiazole rings is 1. The summed E-state index contributed by atoms with van der Waals surface area (Å²) in [5.41, 5.74) is 2.58. The summed E-state index contributed by atoms with van der Waals surface area (Å²) in [6, 6.07) is 13.3. The van der Waals surface area contributed by atoms with Crippen LogP contribution in [-0.2, 0) is 0 Å². The molecule has 0 atom stereocenters. The molecule has 6 heteroatoms. The van der Waals surface area contributed by atoms with Gasteiger partial charge in [-0.3, -0.25) is 9.69 Å². The summed E-state index contributed by atoms with van der Waals surface area (Å²) in [5.74, 6) is -0.105. The smallest absolute Gasteiger partial charge is 0.261 e. The second-order valence-corrected chi connectivity index (χ2v) is 7.93. The number of hydrogen-bond acceptors (Lipinski definition) is 4. The van der Waals surface area contributed by atoms with E-state index < -0.39 is 0 Å². The largest absolute Gasteiger partial charge is 0.309 e. The van der Waals surface area contributed by atoms with Crippen molar-refractivity contribution in [2.75, 3.05) is 32.1 Å². The lowest BCUT2D eigenvalue weighted by Crippen LogP contribution is -2.33. The molecule has 1 aromatic heterocycles. The maximum atomic E-state index is 13.2. The molecule has 136 valence electrons. The van der Waals surface area contributed by atoms with E-state index in [0.717, 1.165) is 33.9 Å². The summed E-state index contributed by atoms with van der Waals surface area (Å²) in [6.45, 7) is 3.54. The Labute approximate surface area is 163 Å². The van der Waals surface area contributed by atoms with Crippen molar-refractivity contribution in [2.24, 2.45) is 0 Å². The first-order valence-corrected chi connectivity index (χ1v) is 9.74. The van der Waals surface area contributed by atoms with E-state index in [1.807, 2.05) is 51.4 Å². The molecule has 0 aliphatic rings. The number of rotatable bonds is 6. The van der Waals surface area contributed by atoms with E-state index in [1.54, 1.807) is 28.4 Å². The van der Waals surface area contributed by atoms with Gasteiger partial charge in [0.05, 0.1) is 20.8 Å². The molecule has 26 heavy (non-hydrogen) atoms. The Morgan fingerprint density at radius 3 is 2.58 bits per heavy atom. The first-order chi connectivity index (χ1) is 12.5. The van der Waals surface area contributed by atoms with E-state index in [-0.39, 0.29) is 5.91 Å². The minimum Gasteiger partial charge on any atom is -0.309 e. The molecular weight excluding hydrogens is 366 g/mol. The Balaban J connectivity index is 1.97. The van der Waals surface area contributed by atoms with Crippen LogP contribution in [0.2, 0.25) is 5.02 Å². The van der Waals surface area contributed by atoms with Crippen molar-refractivity contribution in [3.63, 3.8) is 0 Å². The lowest BCUT2D eigenvalue weighted by molar-refractivity contribution is 0.0986. The molecule has 2 aromatic carbocycles. The lowest BCUT2D eigenvalue weighted by atomic mass is 10.2. The molecule has 1 heterocycles. The van der Waals surface area contributed by atoms with Gasteiger partial charge in [-0.15, -0.1) is 0 Å². The topological polar surface area (TPSA) is 36.4 Å². The molecule has 1 amide bonds. The molecule has 4 nitrogen and oxygen atoms in total. The van der Waals surface area contributed by atoms with Gasteiger partial charge in [0.25, 0.3) is 5.91 Å². The molecule has 0 spiro atoms. The molecule has 0 saturated carbocycles. The normalized spacial score (nSPS) is 11.3. The Morgan fingerprint density at radius 1 is 1.12 bits per heavy atom. The van der Waals surface area contributed by atoms with Crippen LogP contribution in [0.15, 0.2) is 42.5 Å². The molecule has 0 radical (unpaired) electrons. The molecule has 0 fully saturated rings. The highest BCUT2D eigenvalue weighted by molar-refractivity contribution is 7.22. The molecule has 0 unspecified atom stereocenters. The summed E-state index contributed by atoms with van der Waals surface area (Å²) in [5, 5.41) is 1.19. The molecule has 0 aliphatic heterocycles. The molecule has 0 aliphatic carbocycles. The van der Waals surface area contributed by atoms with Crippen molar-refractivity contribution in [3.05, 3.63) is 58.6 Å². The van der Waals surface area contributed by atoms with Crippen LogP contribution in [0.4, 0.5) is 5.13 Å². The molecule has 3 aromatic rings. The van der Waals surface area contributed by atoms with Gasteiger partial charge >= 0.3 is 0 Å². The zero-order valence-electron chi connectivity index (χ0n) is 15.2. The number of halogens is 1. The molecule has 0 bridgehead atoms. The number of fused-ring (bicyclic) bond motifs is 1. The van der Waals surface area contributed by atoms with E-state index in [2.05, 4.69) is 4.90 Å². The number of nitrogens with zero attached hydrogens (tertiary/aromatic N) is 3. The summed E-state index contributed by atoms with van der Waals surface area (Å²) < 4.78 is 1.09. The monoisotopic (exact) mass is 387 g/mol.